The van der Waals surface area contributed by atoms with E-state index in [4.69, 9.17) is 14.2 Å². The van der Waals surface area contributed by atoms with Gasteiger partial charge in [-0.25, -0.2) is 17.4 Å². The van der Waals surface area contributed by atoms with Gasteiger partial charge in [0.1, 0.15) is 13.2 Å². The number of nitrogens with zero attached hydrogens (tertiary/aromatic N) is 3. The summed E-state index contributed by atoms with van der Waals surface area (Å²) in [5.41, 5.74) is 3.29. The molecule has 0 saturated heterocycles. The van der Waals surface area contributed by atoms with Gasteiger partial charge in [-0.15, -0.1) is 0 Å². The zero-order valence-corrected chi connectivity index (χ0v) is 22.3. The Balaban J connectivity index is 1.68. The molecule has 0 saturated carbocycles. The standard InChI is InChI=1S/C28H27N3O6S/c1-18-7-9-21(10-8-18)38(33,34)31-25(14-20-6-5-11-29-28(20)31)23-17-30(3)24-16-27(26(35-4)15-22(23)24)37-13-12-36-19(2)32/h5-11,14-17H,12-13H2,1-4H3. The van der Waals surface area contributed by atoms with Crippen LogP contribution in [0.3, 0.4) is 0 Å². The average Bonchev–Trinajstić information content (AvgIpc) is 3.44. The number of aryl methyl sites for hydroxylation is 2. The Morgan fingerprint density at radius 1 is 1.03 bits per heavy atom. The molecule has 5 aromatic rings. The zero-order chi connectivity index (χ0) is 27.0. The first-order valence-electron chi connectivity index (χ1n) is 11.9. The van der Waals surface area contributed by atoms with Gasteiger partial charge in [0, 0.05) is 48.8 Å². The molecule has 0 aliphatic rings. The lowest BCUT2D eigenvalue weighted by atomic mass is 10.1. The normalized spacial score (nSPS) is 11.7. The van der Waals surface area contributed by atoms with Crippen LogP contribution in [-0.2, 0) is 26.6 Å². The van der Waals surface area contributed by atoms with Crippen LogP contribution >= 0.6 is 0 Å². The van der Waals surface area contributed by atoms with Crippen molar-refractivity contribution < 1.29 is 27.4 Å². The predicted octanol–water partition coefficient (Wildman–Crippen LogP) is 4.69. The molecule has 196 valence electrons. The van der Waals surface area contributed by atoms with E-state index in [1.54, 1.807) is 36.5 Å². The van der Waals surface area contributed by atoms with Gasteiger partial charge in [-0.1, -0.05) is 17.7 Å². The van der Waals surface area contributed by atoms with Crippen LogP contribution in [0.5, 0.6) is 11.5 Å². The second-order valence-electron chi connectivity index (χ2n) is 8.89. The van der Waals surface area contributed by atoms with Gasteiger partial charge in [0.05, 0.1) is 23.2 Å². The van der Waals surface area contributed by atoms with E-state index in [1.165, 1.54) is 18.0 Å². The number of hydrogen-bond donors (Lipinski definition) is 0. The molecule has 0 aliphatic carbocycles. The van der Waals surface area contributed by atoms with E-state index in [0.717, 1.165) is 16.5 Å². The van der Waals surface area contributed by atoms with Gasteiger partial charge >= 0.3 is 5.97 Å². The number of pyridine rings is 1. The summed E-state index contributed by atoms with van der Waals surface area (Å²) < 4.78 is 47.5. The Morgan fingerprint density at radius 2 is 1.79 bits per heavy atom. The molecule has 0 radical (unpaired) electrons. The molecule has 5 rings (SSSR count). The van der Waals surface area contributed by atoms with E-state index in [9.17, 15) is 13.2 Å². The minimum atomic E-state index is -3.98. The largest absolute Gasteiger partial charge is 0.493 e. The average molecular weight is 534 g/mol. The minimum Gasteiger partial charge on any atom is -0.493 e. The maximum atomic E-state index is 14.0. The minimum absolute atomic E-state index is 0.110. The van der Waals surface area contributed by atoms with Crippen LogP contribution in [0.2, 0.25) is 0 Å². The number of rotatable bonds is 8. The highest BCUT2D eigenvalue weighted by Gasteiger charge is 2.27. The highest BCUT2D eigenvalue weighted by atomic mass is 32.2. The van der Waals surface area contributed by atoms with Crippen LogP contribution in [0.25, 0.3) is 33.2 Å². The van der Waals surface area contributed by atoms with Crippen molar-refractivity contribution in [3.05, 3.63) is 72.6 Å². The van der Waals surface area contributed by atoms with E-state index >= 15 is 0 Å². The van der Waals surface area contributed by atoms with Gasteiger partial charge in [-0.3, -0.25) is 4.79 Å². The fraction of sp³-hybridized carbons (Fsp3) is 0.214. The fourth-order valence-electron chi connectivity index (χ4n) is 4.46. The molecule has 0 spiro atoms. The summed E-state index contributed by atoms with van der Waals surface area (Å²) >= 11 is 0. The van der Waals surface area contributed by atoms with Crippen LogP contribution in [-0.4, -0.2) is 48.2 Å². The fourth-order valence-corrected chi connectivity index (χ4v) is 5.94. The van der Waals surface area contributed by atoms with E-state index in [-0.39, 0.29) is 24.1 Å². The number of methoxy groups -OCH3 is 1. The molecule has 0 atom stereocenters. The van der Waals surface area contributed by atoms with E-state index in [2.05, 4.69) is 4.98 Å². The van der Waals surface area contributed by atoms with Crippen molar-refractivity contribution in [2.75, 3.05) is 20.3 Å². The molecule has 0 amide bonds. The number of ether oxygens (including phenoxy) is 3. The van der Waals surface area contributed by atoms with Crippen LogP contribution < -0.4 is 9.47 Å². The molecular weight excluding hydrogens is 506 g/mol. The van der Waals surface area contributed by atoms with Crippen LogP contribution in [0, 0.1) is 6.92 Å². The van der Waals surface area contributed by atoms with E-state index in [1.807, 2.05) is 49.0 Å². The summed E-state index contributed by atoms with van der Waals surface area (Å²) in [6.45, 7) is 3.52. The number of benzene rings is 2. The van der Waals surface area contributed by atoms with Crippen molar-refractivity contribution in [2.45, 2.75) is 18.7 Å². The van der Waals surface area contributed by atoms with E-state index in [0.29, 0.717) is 33.8 Å². The van der Waals surface area contributed by atoms with Crippen molar-refractivity contribution >= 4 is 37.9 Å². The number of hydrogen-bond acceptors (Lipinski definition) is 7. The Morgan fingerprint density at radius 3 is 2.50 bits per heavy atom. The number of carbonyl (C=O) groups is 1. The first kappa shape index (κ1) is 25.3. The Kier molecular flexibility index (Phi) is 6.58. The zero-order valence-electron chi connectivity index (χ0n) is 21.5. The highest BCUT2D eigenvalue weighted by Crippen LogP contribution is 2.40. The van der Waals surface area contributed by atoms with Crippen molar-refractivity contribution in [1.29, 1.82) is 0 Å². The van der Waals surface area contributed by atoms with Crippen LogP contribution in [0.15, 0.2) is 71.9 Å². The van der Waals surface area contributed by atoms with Gasteiger partial charge < -0.3 is 18.8 Å². The SMILES string of the molecule is COc1cc2c(-c3cc4cccnc4n3S(=O)(=O)c3ccc(C)cc3)cn(C)c2cc1OCCOC(C)=O. The van der Waals surface area contributed by atoms with Crippen molar-refractivity contribution in [2.24, 2.45) is 7.05 Å². The molecule has 9 nitrogen and oxygen atoms in total. The first-order chi connectivity index (χ1) is 18.2. The molecule has 38 heavy (non-hydrogen) atoms. The summed E-state index contributed by atoms with van der Waals surface area (Å²) in [5, 5.41) is 1.48. The molecule has 3 aromatic heterocycles. The van der Waals surface area contributed by atoms with Gasteiger partial charge in [0.25, 0.3) is 10.0 Å². The number of carbonyl (C=O) groups excluding carboxylic acids is 1. The second-order valence-corrected chi connectivity index (χ2v) is 10.7. The van der Waals surface area contributed by atoms with Crippen LogP contribution in [0.4, 0.5) is 0 Å². The molecule has 0 fully saturated rings. The lowest BCUT2D eigenvalue weighted by Crippen LogP contribution is -2.14. The Bertz CT molecular complexity index is 1770. The number of fused-ring (bicyclic) bond motifs is 2. The van der Waals surface area contributed by atoms with E-state index < -0.39 is 10.0 Å². The first-order valence-corrected chi connectivity index (χ1v) is 13.4. The third-order valence-corrected chi connectivity index (χ3v) is 7.99. The molecule has 0 N–H and O–H groups in total. The van der Waals surface area contributed by atoms with Crippen molar-refractivity contribution in [1.82, 2.24) is 13.5 Å². The molecule has 2 aromatic carbocycles. The number of esters is 1. The van der Waals surface area contributed by atoms with Crippen molar-refractivity contribution in [3.8, 4) is 22.8 Å². The number of aromatic nitrogens is 3. The topological polar surface area (TPSA) is 102 Å². The summed E-state index contributed by atoms with van der Waals surface area (Å²) in [6.07, 6.45) is 3.46. The third-order valence-electron chi connectivity index (χ3n) is 6.28. The second kappa shape index (κ2) is 9.86. The lowest BCUT2D eigenvalue weighted by molar-refractivity contribution is -0.141. The van der Waals surface area contributed by atoms with Crippen LogP contribution in [0.1, 0.15) is 12.5 Å². The maximum Gasteiger partial charge on any atom is 0.302 e. The monoisotopic (exact) mass is 533 g/mol. The predicted molar refractivity (Wildman–Crippen MR) is 144 cm³/mol. The van der Waals surface area contributed by atoms with Gasteiger partial charge in [0.2, 0.25) is 0 Å². The summed E-state index contributed by atoms with van der Waals surface area (Å²) in [5.74, 6) is 0.568. The molecule has 10 heteroatoms. The molecule has 0 aliphatic heterocycles. The van der Waals surface area contributed by atoms with Gasteiger partial charge in [0.15, 0.2) is 17.1 Å². The van der Waals surface area contributed by atoms with Gasteiger partial charge in [-0.05, 0) is 43.3 Å². The smallest absolute Gasteiger partial charge is 0.302 e. The van der Waals surface area contributed by atoms with Gasteiger partial charge in [-0.2, -0.15) is 0 Å². The van der Waals surface area contributed by atoms with Crippen molar-refractivity contribution in [3.63, 3.8) is 0 Å². The highest BCUT2D eigenvalue weighted by molar-refractivity contribution is 7.90. The summed E-state index contributed by atoms with van der Waals surface area (Å²) in [6, 6.07) is 15.9. The third kappa shape index (κ3) is 4.47. The molecule has 3 heterocycles. The Hall–Kier alpha value is -4.31. The molecule has 0 unspecified atom stereocenters. The quantitative estimate of drug-likeness (QED) is 0.211. The Labute approximate surface area is 220 Å². The maximum absolute atomic E-state index is 14.0. The summed E-state index contributed by atoms with van der Waals surface area (Å²) in [7, 11) is -0.567. The molecule has 0 bridgehead atoms. The molecular formula is C28H27N3O6S. The lowest BCUT2D eigenvalue weighted by Gasteiger charge is -2.13. The summed E-state index contributed by atoms with van der Waals surface area (Å²) in [4.78, 5) is 15.6.